The van der Waals surface area contributed by atoms with Gasteiger partial charge in [0.25, 0.3) is 0 Å². The first-order chi connectivity index (χ1) is 7.22. The first-order valence-corrected chi connectivity index (χ1v) is 5.08. The fourth-order valence-corrected chi connectivity index (χ4v) is 1.36. The third-order valence-electron chi connectivity index (χ3n) is 2.07. The largest absolute Gasteiger partial charge is 0.493 e. The molecule has 0 aliphatic rings. The Hall–Kier alpha value is -1.51. The van der Waals surface area contributed by atoms with Crippen molar-refractivity contribution in [3.63, 3.8) is 0 Å². The van der Waals surface area contributed by atoms with Gasteiger partial charge in [0.2, 0.25) is 0 Å². The number of hydrogen-bond acceptors (Lipinski definition) is 3. The first-order valence-electron chi connectivity index (χ1n) is 5.08. The van der Waals surface area contributed by atoms with E-state index in [0.29, 0.717) is 30.3 Å². The van der Waals surface area contributed by atoms with E-state index in [1.807, 2.05) is 20.8 Å². The number of carbonyl (C=O) groups is 1. The summed E-state index contributed by atoms with van der Waals surface area (Å²) in [6.07, 6.45) is 0.796. The number of aldehydes is 1. The highest BCUT2D eigenvalue weighted by molar-refractivity contribution is 5.77. The van der Waals surface area contributed by atoms with Crippen molar-refractivity contribution >= 4 is 6.29 Å². The summed E-state index contributed by atoms with van der Waals surface area (Å²) < 4.78 is 10.9. The molecule has 0 atom stereocenters. The molecule has 0 bridgehead atoms. The second-order valence-corrected chi connectivity index (χ2v) is 3.13. The number of rotatable bonds is 5. The third kappa shape index (κ3) is 2.72. The number of carbonyl (C=O) groups excluding carboxylic acids is 1. The Morgan fingerprint density at radius 3 is 1.93 bits per heavy atom. The Bertz CT molecular complexity index is 318. The van der Waals surface area contributed by atoms with Crippen LogP contribution in [0.3, 0.4) is 0 Å². The van der Waals surface area contributed by atoms with Crippen LogP contribution in [0.15, 0.2) is 12.1 Å². The zero-order chi connectivity index (χ0) is 11.3. The molecule has 0 fully saturated rings. The molecule has 0 aromatic heterocycles. The Labute approximate surface area is 90.0 Å². The molecular formula is C12H16O3. The Kier molecular flexibility index (Phi) is 4.16. The van der Waals surface area contributed by atoms with Crippen LogP contribution in [0.25, 0.3) is 0 Å². The lowest BCUT2D eigenvalue weighted by Gasteiger charge is -2.12. The van der Waals surface area contributed by atoms with Gasteiger partial charge in [0.15, 0.2) is 0 Å². The molecule has 0 aliphatic heterocycles. The minimum absolute atomic E-state index is 0.576. The van der Waals surface area contributed by atoms with Crippen LogP contribution in [0, 0.1) is 6.92 Å². The molecule has 0 radical (unpaired) electrons. The van der Waals surface area contributed by atoms with Crippen molar-refractivity contribution in [3.8, 4) is 11.5 Å². The predicted octanol–water partition coefficient (Wildman–Crippen LogP) is 2.60. The van der Waals surface area contributed by atoms with Crippen LogP contribution in [0.1, 0.15) is 29.8 Å². The fraction of sp³-hybridized carbons (Fsp3) is 0.417. The van der Waals surface area contributed by atoms with Gasteiger partial charge in [-0.2, -0.15) is 0 Å². The zero-order valence-corrected chi connectivity index (χ0v) is 9.37. The second kappa shape index (κ2) is 5.39. The van der Waals surface area contributed by atoms with Gasteiger partial charge in [-0.25, -0.2) is 0 Å². The monoisotopic (exact) mass is 208 g/mol. The molecule has 3 nitrogen and oxygen atoms in total. The Balaban J connectivity index is 3.14. The molecule has 1 aromatic carbocycles. The maximum absolute atomic E-state index is 10.7. The lowest BCUT2D eigenvalue weighted by Crippen LogP contribution is -2.00. The van der Waals surface area contributed by atoms with Crippen molar-refractivity contribution < 1.29 is 14.3 Å². The second-order valence-electron chi connectivity index (χ2n) is 3.13. The summed E-state index contributed by atoms with van der Waals surface area (Å²) in [5.41, 5.74) is 1.51. The van der Waals surface area contributed by atoms with Gasteiger partial charge in [-0.3, -0.25) is 4.79 Å². The van der Waals surface area contributed by atoms with Crippen LogP contribution < -0.4 is 9.47 Å². The maximum atomic E-state index is 10.7. The van der Waals surface area contributed by atoms with E-state index in [1.165, 1.54) is 0 Å². The van der Waals surface area contributed by atoms with E-state index in [2.05, 4.69) is 0 Å². The van der Waals surface area contributed by atoms with E-state index in [9.17, 15) is 4.79 Å². The average molecular weight is 208 g/mol. The predicted molar refractivity (Wildman–Crippen MR) is 58.9 cm³/mol. The summed E-state index contributed by atoms with van der Waals surface area (Å²) in [7, 11) is 0. The summed E-state index contributed by atoms with van der Waals surface area (Å²) in [5, 5.41) is 0. The lowest BCUT2D eigenvalue weighted by atomic mass is 10.1. The fourth-order valence-electron chi connectivity index (χ4n) is 1.36. The standard InChI is InChI=1S/C12H16O3/c1-4-14-11-6-10(8-13)7-12(9(11)3)15-5-2/h6-8H,4-5H2,1-3H3. The molecule has 0 saturated heterocycles. The molecule has 0 spiro atoms. The van der Waals surface area contributed by atoms with E-state index in [4.69, 9.17) is 9.47 Å². The highest BCUT2D eigenvalue weighted by Gasteiger charge is 2.08. The minimum Gasteiger partial charge on any atom is -0.493 e. The molecule has 1 aromatic rings. The topological polar surface area (TPSA) is 35.5 Å². The Morgan fingerprint density at radius 2 is 1.60 bits per heavy atom. The highest BCUT2D eigenvalue weighted by Crippen LogP contribution is 2.29. The Morgan fingerprint density at radius 1 is 1.13 bits per heavy atom. The average Bonchev–Trinajstić information content (AvgIpc) is 2.24. The summed E-state index contributed by atoms with van der Waals surface area (Å²) >= 11 is 0. The normalized spacial score (nSPS) is 9.80. The maximum Gasteiger partial charge on any atom is 0.150 e. The van der Waals surface area contributed by atoms with Crippen molar-refractivity contribution in [2.75, 3.05) is 13.2 Å². The molecule has 0 unspecified atom stereocenters. The SMILES string of the molecule is CCOc1cc(C=O)cc(OCC)c1C. The van der Waals surface area contributed by atoms with E-state index in [-0.39, 0.29) is 0 Å². The van der Waals surface area contributed by atoms with Gasteiger partial charge in [-0.1, -0.05) is 0 Å². The summed E-state index contributed by atoms with van der Waals surface area (Å²) in [6.45, 7) is 6.90. The highest BCUT2D eigenvalue weighted by atomic mass is 16.5. The van der Waals surface area contributed by atoms with Gasteiger partial charge in [-0.05, 0) is 32.9 Å². The lowest BCUT2D eigenvalue weighted by molar-refractivity contribution is 0.112. The van der Waals surface area contributed by atoms with Crippen LogP contribution >= 0.6 is 0 Å². The molecule has 0 N–H and O–H groups in total. The molecule has 3 heteroatoms. The molecule has 0 aliphatic carbocycles. The van der Waals surface area contributed by atoms with E-state index in [1.54, 1.807) is 12.1 Å². The van der Waals surface area contributed by atoms with Crippen molar-refractivity contribution in [1.29, 1.82) is 0 Å². The van der Waals surface area contributed by atoms with Crippen molar-refractivity contribution in [2.24, 2.45) is 0 Å². The quantitative estimate of drug-likeness (QED) is 0.698. The van der Waals surface area contributed by atoms with Crippen molar-refractivity contribution in [3.05, 3.63) is 23.3 Å². The van der Waals surface area contributed by atoms with Crippen LogP contribution in [0.2, 0.25) is 0 Å². The molecule has 0 amide bonds. The summed E-state index contributed by atoms with van der Waals surface area (Å²) in [6, 6.07) is 3.46. The molecule has 0 saturated carbocycles. The van der Waals surface area contributed by atoms with Gasteiger partial charge in [-0.15, -0.1) is 0 Å². The van der Waals surface area contributed by atoms with Crippen LogP contribution in [0.4, 0.5) is 0 Å². The first kappa shape index (κ1) is 11.6. The minimum atomic E-state index is 0.576. The molecule has 0 heterocycles. The van der Waals surface area contributed by atoms with E-state index in [0.717, 1.165) is 11.8 Å². The molecule has 1 rings (SSSR count). The van der Waals surface area contributed by atoms with Crippen LogP contribution in [0.5, 0.6) is 11.5 Å². The van der Waals surface area contributed by atoms with Crippen molar-refractivity contribution in [2.45, 2.75) is 20.8 Å². The number of hydrogen-bond donors (Lipinski definition) is 0. The van der Waals surface area contributed by atoms with E-state index >= 15 is 0 Å². The van der Waals surface area contributed by atoms with Crippen LogP contribution in [-0.4, -0.2) is 19.5 Å². The van der Waals surface area contributed by atoms with Crippen LogP contribution in [-0.2, 0) is 0 Å². The number of benzene rings is 1. The molecule has 82 valence electrons. The smallest absolute Gasteiger partial charge is 0.150 e. The third-order valence-corrected chi connectivity index (χ3v) is 2.07. The van der Waals surface area contributed by atoms with E-state index < -0.39 is 0 Å². The zero-order valence-electron chi connectivity index (χ0n) is 9.37. The van der Waals surface area contributed by atoms with Crippen molar-refractivity contribution in [1.82, 2.24) is 0 Å². The van der Waals surface area contributed by atoms with Gasteiger partial charge < -0.3 is 9.47 Å². The van der Waals surface area contributed by atoms with Gasteiger partial charge in [0.05, 0.1) is 13.2 Å². The van der Waals surface area contributed by atoms with Gasteiger partial charge in [0, 0.05) is 11.1 Å². The van der Waals surface area contributed by atoms with Gasteiger partial charge >= 0.3 is 0 Å². The summed E-state index contributed by atoms with van der Waals surface area (Å²) in [5.74, 6) is 1.43. The summed E-state index contributed by atoms with van der Waals surface area (Å²) in [4.78, 5) is 10.7. The van der Waals surface area contributed by atoms with Gasteiger partial charge in [0.1, 0.15) is 17.8 Å². The number of ether oxygens (including phenoxy) is 2. The molecular weight excluding hydrogens is 192 g/mol. The molecule has 15 heavy (non-hydrogen) atoms.